The predicted molar refractivity (Wildman–Crippen MR) is 62.8 cm³/mol. The highest BCUT2D eigenvalue weighted by Gasteiger charge is 2.25. The topological polar surface area (TPSA) is 75.1 Å². The normalized spacial score (nSPS) is 15.8. The molecule has 3 rings (SSSR count). The average molecular weight is 232 g/mol. The molecule has 0 unspecified atom stereocenters. The molecule has 1 fully saturated rings. The summed E-state index contributed by atoms with van der Waals surface area (Å²) in [6, 6.07) is 5.11. The zero-order valence-corrected chi connectivity index (χ0v) is 9.16. The van der Waals surface area contributed by atoms with E-state index in [1.54, 1.807) is 18.2 Å². The van der Waals surface area contributed by atoms with Gasteiger partial charge in [0, 0.05) is 11.6 Å². The molecule has 2 N–H and O–H groups in total. The SMILES string of the molecule is O=C(Nc1ccc2oc(=O)[nH]c2c1)C1CCC1. The van der Waals surface area contributed by atoms with Gasteiger partial charge >= 0.3 is 5.76 Å². The zero-order chi connectivity index (χ0) is 11.8. The van der Waals surface area contributed by atoms with Crippen molar-refractivity contribution in [2.45, 2.75) is 19.3 Å². The Morgan fingerprint density at radius 1 is 1.41 bits per heavy atom. The number of hydrogen-bond donors (Lipinski definition) is 2. The first-order valence-corrected chi connectivity index (χ1v) is 5.66. The monoisotopic (exact) mass is 232 g/mol. The fourth-order valence-corrected chi connectivity index (χ4v) is 1.94. The van der Waals surface area contributed by atoms with Crippen LogP contribution in [-0.2, 0) is 4.79 Å². The van der Waals surface area contributed by atoms with Crippen molar-refractivity contribution in [1.82, 2.24) is 4.98 Å². The van der Waals surface area contributed by atoms with Gasteiger partial charge in [-0.2, -0.15) is 0 Å². The lowest BCUT2D eigenvalue weighted by Crippen LogP contribution is -2.27. The molecule has 5 heteroatoms. The fourth-order valence-electron chi connectivity index (χ4n) is 1.94. The molecule has 1 aliphatic carbocycles. The number of carbonyl (C=O) groups excluding carboxylic acids is 1. The van der Waals surface area contributed by atoms with Gasteiger partial charge in [-0.3, -0.25) is 9.78 Å². The molecule has 0 saturated heterocycles. The van der Waals surface area contributed by atoms with Crippen molar-refractivity contribution in [2.75, 3.05) is 5.32 Å². The van der Waals surface area contributed by atoms with Crippen molar-refractivity contribution >= 4 is 22.7 Å². The van der Waals surface area contributed by atoms with Crippen molar-refractivity contribution < 1.29 is 9.21 Å². The summed E-state index contributed by atoms with van der Waals surface area (Å²) in [5.41, 5.74) is 1.78. The summed E-state index contributed by atoms with van der Waals surface area (Å²) in [6.07, 6.45) is 3.07. The van der Waals surface area contributed by atoms with Gasteiger partial charge < -0.3 is 9.73 Å². The van der Waals surface area contributed by atoms with Crippen molar-refractivity contribution in [1.29, 1.82) is 0 Å². The molecule has 1 heterocycles. The van der Waals surface area contributed by atoms with Crippen molar-refractivity contribution in [3.05, 3.63) is 28.7 Å². The minimum atomic E-state index is -0.484. The first-order valence-electron chi connectivity index (χ1n) is 5.66. The summed E-state index contributed by atoms with van der Waals surface area (Å²) in [7, 11) is 0. The summed E-state index contributed by atoms with van der Waals surface area (Å²) in [6.45, 7) is 0. The number of carbonyl (C=O) groups is 1. The van der Waals surface area contributed by atoms with Crippen LogP contribution in [0.1, 0.15) is 19.3 Å². The Kier molecular flexibility index (Phi) is 2.24. The number of hydrogen-bond acceptors (Lipinski definition) is 3. The van der Waals surface area contributed by atoms with Crippen LogP contribution in [0, 0.1) is 5.92 Å². The van der Waals surface area contributed by atoms with Gasteiger partial charge in [-0.25, -0.2) is 4.79 Å². The number of benzene rings is 1. The fraction of sp³-hybridized carbons (Fsp3) is 0.333. The minimum absolute atomic E-state index is 0.0569. The number of aromatic amines is 1. The van der Waals surface area contributed by atoms with Gasteiger partial charge in [0.2, 0.25) is 5.91 Å². The number of amides is 1. The largest absolute Gasteiger partial charge is 0.417 e. The van der Waals surface area contributed by atoms with Crippen molar-refractivity contribution in [3.63, 3.8) is 0 Å². The Hall–Kier alpha value is -2.04. The van der Waals surface area contributed by atoms with Crippen LogP contribution in [0.5, 0.6) is 0 Å². The lowest BCUT2D eigenvalue weighted by atomic mass is 9.85. The van der Waals surface area contributed by atoms with Gasteiger partial charge in [0.05, 0.1) is 5.52 Å². The zero-order valence-electron chi connectivity index (χ0n) is 9.16. The smallest absolute Gasteiger partial charge is 0.408 e. The first-order chi connectivity index (χ1) is 8.22. The molecule has 1 amide bonds. The molecular formula is C12H12N2O3. The van der Waals surface area contributed by atoms with Crippen LogP contribution in [0.15, 0.2) is 27.4 Å². The van der Waals surface area contributed by atoms with Gasteiger partial charge in [-0.15, -0.1) is 0 Å². The van der Waals surface area contributed by atoms with Gasteiger partial charge in [0.1, 0.15) is 0 Å². The number of H-pyrrole nitrogens is 1. The van der Waals surface area contributed by atoms with Crippen LogP contribution >= 0.6 is 0 Å². The second kappa shape index (κ2) is 3.76. The molecule has 0 aliphatic heterocycles. The molecule has 0 bridgehead atoms. The highest BCUT2D eigenvalue weighted by Crippen LogP contribution is 2.27. The van der Waals surface area contributed by atoms with E-state index in [4.69, 9.17) is 4.42 Å². The van der Waals surface area contributed by atoms with Gasteiger partial charge in [0.25, 0.3) is 0 Å². The number of aromatic nitrogens is 1. The third kappa shape index (κ3) is 1.84. The molecule has 0 spiro atoms. The van der Waals surface area contributed by atoms with Crippen LogP contribution in [0.25, 0.3) is 11.1 Å². The molecule has 88 valence electrons. The highest BCUT2D eigenvalue weighted by atomic mass is 16.4. The minimum Gasteiger partial charge on any atom is -0.408 e. The van der Waals surface area contributed by atoms with Gasteiger partial charge in [-0.05, 0) is 31.0 Å². The molecule has 2 aromatic rings. The second-order valence-corrected chi connectivity index (χ2v) is 4.34. The maximum absolute atomic E-state index is 11.7. The molecule has 1 saturated carbocycles. The summed E-state index contributed by atoms with van der Waals surface area (Å²) in [4.78, 5) is 25.3. The lowest BCUT2D eigenvalue weighted by Gasteiger charge is -2.23. The van der Waals surface area contributed by atoms with E-state index >= 15 is 0 Å². The van der Waals surface area contributed by atoms with Crippen LogP contribution in [0.3, 0.4) is 0 Å². The maximum atomic E-state index is 11.7. The highest BCUT2D eigenvalue weighted by molar-refractivity contribution is 5.94. The van der Waals surface area contributed by atoms with Crippen molar-refractivity contribution in [3.8, 4) is 0 Å². The molecular weight excluding hydrogens is 220 g/mol. The summed E-state index contributed by atoms with van der Waals surface area (Å²) in [5.74, 6) is -0.280. The molecule has 1 aliphatic rings. The van der Waals surface area contributed by atoms with Crippen molar-refractivity contribution in [2.24, 2.45) is 5.92 Å². The quantitative estimate of drug-likeness (QED) is 0.829. The Labute approximate surface area is 96.8 Å². The second-order valence-electron chi connectivity index (χ2n) is 4.34. The van der Waals surface area contributed by atoms with Crippen LogP contribution < -0.4 is 11.1 Å². The third-order valence-electron chi connectivity index (χ3n) is 3.16. The molecule has 1 aromatic carbocycles. The summed E-state index contributed by atoms with van der Waals surface area (Å²) < 4.78 is 4.88. The molecule has 17 heavy (non-hydrogen) atoms. The maximum Gasteiger partial charge on any atom is 0.417 e. The Morgan fingerprint density at radius 2 is 2.24 bits per heavy atom. The predicted octanol–water partition coefficient (Wildman–Crippen LogP) is 1.86. The third-order valence-corrected chi connectivity index (χ3v) is 3.16. The molecule has 5 nitrogen and oxygen atoms in total. The van der Waals surface area contributed by atoms with E-state index in [-0.39, 0.29) is 11.8 Å². The van der Waals surface area contributed by atoms with Gasteiger partial charge in [0.15, 0.2) is 5.58 Å². The summed E-state index contributed by atoms with van der Waals surface area (Å²) in [5, 5.41) is 2.84. The van der Waals surface area contributed by atoms with Crippen LogP contribution in [0.4, 0.5) is 5.69 Å². The number of fused-ring (bicyclic) bond motifs is 1. The molecule has 0 radical (unpaired) electrons. The summed E-state index contributed by atoms with van der Waals surface area (Å²) >= 11 is 0. The van der Waals surface area contributed by atoms with Crippen LogP contribution in [-0.4, -0.2) is 10.9 Å². The molecule has 1 aromatic heterocycles. The Balaban J connectivity index is 1.84. The van der Waals surface area contributed by atoms with Gasteiger partial charge in [-0.1, -0.05) is 6.42 Å². The number of nitrogens with one attached hydrogen (secondary N) is 2. The van der Waals surface area contributed by atoms with E-state index in [1.807, 2.05) is 0 Å². The van der Waals surface area contributed by atoms with E-state index in [2.05, 4.69) is 10.3 Å². The number of rotatable bonds is 2. The molecule has 0 atom stereocenters. The van der Waals surface area contributed by atoms with E-state index in [1.165, 1.54) is 0 Å². The Morgan fingerprint density at radius 3 is 2.94 bits per heavy atom. The van der Waals surface area contributed by atoms with E-state index in [9.17, 15) is 9.59 Å². The van der Waals surface area contributed by atoms with E-state index < -0.39 is 5.76 Å². The van der Waals surface area contributed by atoms with Crippen LogP contribution in [0.2, 0.25) is 0 Å². The van der Waals surface area contributed by atoms with E-state index in [0.717, 1.165) is 19.3 Å². The lowest BCUT2D eigenvalue weighted by molar-refractivity contribution is -0.122. The standard InChI is InChI=1S/C12H12N2O3/c15-11(7-2-1-3-7)13-8-4-5-10-9(6-8)14-12(16)17-10/h4-7H,1-3H2,(H,13,15)(H,14,16). The number of anilines is 1. The first kappa shape index (κ1) is 10.1. The Bertz CT molecular complexity index is 622. The number of oxazole rings is 1. The average Bonchev–Trinajstić information content (AvgIpc) is 2.54. The van der Waals surface area contributed by atoms with E-state index in [0.29, 0.717) is 16.8 Å².